The number of hydrogen-bond donors (Lipinski definition) is 1. The maximum absolute atomic E-state index is 15.2. The van der Waals surface area contributed by atoms with Crippen LogP contribution in [0.3, 0.4) is 0 Å². The van der Waals surface area contributed by atoms with E-state index in [4.69, 9.17) is 10.5 Å². The fraction of sp³-hybridized carbons (Fsp3) is 0.0769. The predicted molar refractivity (Wildman–Crippen MR) is 136 cm³/mol. The summed E-state index contributed by atoms with van der Waals surface area (Å²) in [6, 6.07) is 12.7. The van der Waals surface area contributed by atoms with E-state index in [9.17, 15) is 14.0 Å². The first kappa shape index (κ1) is 24.1. The number of amides is 2. The van der Waals surface area contributed by atoms with Crippen molar-refractivity contribution in [2.75, 3.05) is 4.90 Å². The van der Waals surface area contributed by atoms with Crippen molar-refractivity contribution in [3.63, 3.8) is 0 Å². The molecule has 0 saturated carbocycles. The van der Waals surface area contributed by atoms with Gasteiger partial charge in [0.05, 0.1) is 26.5 Å². The number of thiophene rings is 1. The number of nitrogens with two attached hydrogens (primary N) is 1. The van der Waals surface area contributed by atoms with Gasteiger partial charge in [0.25, 0.3) is 0 Å². The molecule has 0 aliphatic heterocycles. The number of primary amides is 1. The number of para-hydroxylation sites is 1. The number of fused-ring (bicyclic) bond motifs is 1. The first-order valence-electron chi connectivity index (χ1n) is 11.0. The highest BCUT2D eigenvalue weighted by Gasteiger charge is 2.24. The van der Waals surface area contributed by atoms with Crippen LogP contribution in [0.15, 0.2) is 73.2 Å². The van der Waals surface area contributed by atoms with Crippen molar-refractivity contribution in [3.8, 4) is 22.2 Å². The van der Waals surface area contributed by atoms with Crippen molar-refractivity contribution in [1.29, 1.82) is 0 Å². The van der Waals surface area contributed by atoms with Gasteiger partial charge in [0.15, 0.2) is 11.6 Å². The number of hydrogen-bond acceptors (Lipinski definition) is 6. The SMILES string of the molecule is Cn1ccnc1-c1cc2nccc(Oc3ccc(N(C(=O)CC(N)=O)c4ccccc4F)cc3F)c2s1. The normalized spacial score (nSPS) is 11.0. The Morgan fingerprint density at radius 1 is 1.03 bits per heavy atom. The van der Waals surface area contributed by atoms with Crippen LogP contribution in [0, 0.1) is 11.6 Å². The third kappa shape index (κ3) is 4.76. The molecule has 3 aromatic heterocycles. The predicted octanol–water partition coefficient (Wildman–Crippen LogP) is 5.31. The Morgan fingerprint density at radius 3 is 2.54 bits per heavy atom. The van der Waals surface area contributed by atoms with Gasteiger partial charge in [-0.25, -0.2) is 13.8 Å². The first-order chi connectivity index (χ1) is 17.8. The Bertz CT molecular complexity index is 1650. The number of ether oxygens (including phenoxy) is 1. The second kappa shape index (κ2) is 9.78. The molecular weight excluding hydrogens is 500 g/mol. The molecule has 0 unspecified atom stereocenters. The van der Waals surface area contributed by atoms with Crippen LogP contribution in [0.5, 0.6) is 11.5 Å². The molecule has 0 bridgehead atoms. The molecule has 0 fully saturated rings. The van der Waals surface area contributed by atoms with Crippen LogP contribution < -0.4 is 15.4 Å². The minimum absolute atomic E-state index is 0.00858. The number of rotatable bonds is 7. The molecule has 0 atom stereocenters. The lowest BCUT2D eigenvalue weighted by molar-refractivity contribution is -0.125. The maximum atomic E-state index is 15.2. The molecule has 0 radical (unpaired) electrons. The molecule has 186 valence electrons. The van der Waals surface area contributed by atoms with Crippen molar-refractivity contribution in [3.05, 3.63) is 84.8 Å². The molecule has 5 aromatic rings. The minimum atomic E-state index is -0.894. The molecule has 0 saturated heterocycles. The second-order valence-corrected chi connectivity index (χ2v) is 9.09. The zero-order chi connectivity index (χ0) is 26.1. The Kier molecular flexibility index (Phi) is 6.36. The lowest BCUT2D eigenvalue weighted by atomic mass is 10.2. The van der Waals surface area contributed by atoms with Gasteiger partial charge < -0.3 is 15.0 Å². The molecule has 0 aliphatic carbocycles. The quantitative estimate of drug-likeness (QED) is 0.294. The van der Waals surface area contributed by atoms with Gasteiger partial charge >= 0.3 is 0 Å². The number of aryl methyl sites for hydroxylation is 1. The number of carbonyl (C=O) groups is 2. The molecule has 5 rings (SSSR count). The van der Waals surface area contributed by atoms with E-state index in [1.54, 1.807) is 18.5 Å². The fourth-order valence-electron chi connectivity index (χ4n) is 3.82. The molecule has 0 aliphatic rings. The monoisotopic (exact) mass is 519 g/mol. The van der Waals surface area contributed by atoms with E-state index >= 15 is 4.39 Å². The van der Waals surface area contributed by atoms with Crippen LogP contribution in [-0.2, 0) is 16.6 Å². The smallest absolute Gasteiger partial charge is 0.241 e. The molecule has 2 aromatic carbocycles. The summed E-state index contributed by atoms with van der Waals surface area (Å²) in [6.45, 7) is 0. The van der Waals surface area contributed by atoms with E-state index in [1.165, 1.54) is 41.7 Å². The summed E-state index contributed by atoms with van der Waals surface area (Å²) in [4.78, 5) is 34.6. The van der Waals surface area contributed by atoms with Gasteiger partial charge in [-0.05, 0) is 30.3 Å². The number of halogens is 2. The number of pyridine rings is 1. The van der Waals surface area contributed by atoms with Crippen LogP contribution in [0.25, 0.3) is 20.9 Å². The van der Waals surface area contributed by atoms with E-state index < -0.39 is 29.9 Å². The van der Waals surface area contributed by atoms with E-state index in [0.717, 1.165) is 27.7 Å². The number of aromatic nitrogens is 3. The third-order valence-corrected chi connectivity index (χ3v) is 6.61. The van der Waals surface area contributed by atoms with Crippen molar-refractivity contribution < 1.29 is 23.1 Å². The molecule has 2 N–H and O–H groups in total. The first-order valence-corrected chi connectivity index (χ1v) is 11.8. The molecule has 2 amide bonds. The lowest BCUT2D eigenvalue weighted by Crippen LogP contribution is -2.31. The van der Waals surface area contributed by atoms with Crippen LogP contribution in [-0.4, -0.2) is 26.3 Å². The number of imidazole rings is 1. The third-order valence-electron chi connectivity index (χ3n) is 5.48. The zero-order valence-corrected chi connectivity index (χ0v) is 20.2. The van der Waals surface area contributed by atoms with Gasteiger partial charge in [0.2, 0.25) is 11.8 Å². The van der Waals surface area contributed by atoms with Gasteiger partial charge in [-0.2, -0.15) is 0 Å². The number of benzene rings is 2. The highest BCUT2D eigenvalue weighted by Crippen LogP contribution is 2.40. The minimum Gasteiger partial charge on any atom is -0.453 e. The van der Waals surface area contributed by atoms with E-state index in [0.29, 0.717) is 16.0 Å². The van der Waals surface area contributed by atoms with E-state index in [2.05, 4.69) is 9.97 Å². The van der Waals surface area contributed by atoms with Crippen molar-refractivity contribution >= 4 is 44.7 Å². The van der Waals surface area contributed by atoms with Gasteiger partial charge in [0.1, 0.15) is 23.8 Å². The zero-order valence-electron chi connectivity index (χ0n) is 19.4. The van der Waals surface area contributed by atoms with Crippen molar-refractivity contribution in [2.24, 2.45) is 12.8 Å². The van der Waals surface area contributed by atoms with E-state index in [-0.39, 0.29) is 17.1 Å². The number of anilines is 2. The molecule has 8 nitrogen and oxygen atoms in total. The molecule has 37 heavy (non-hydrogen) atoms. The molecule has 3 heterocycles. The summed E-state index contributed by atoms with van der Waals surface area (Å²) in [6.07, 6.45) is 4.40. The molecule has 11 heteroatoms. The van der Waals surface area contributed by atoms with Crippen LogP contribution in [0.1, 0.15) is 6.42 Å². The summed E-state index contributed by atoms with van der Waals surface area (Å²) in [7, 11) is 1.88. The Hall–Kier alpha value is -4.64. The molecular formula is C26H19F2N5O3S. The Balaban J connectivity index is 1.49. The van der Waals surface area contributed by atoms with Gasteiger partial charge in [-0.15, -0.1) is 11.3 Å². The maximum Gasteiger partial charge on any atom is 0.241 e. The summed E-state index contributed by atoms with van der Waals surface area (Å²) >= 11 is 1.41. The average molecular weight is 520 g/mol. The molecule has 0 spiro atoms. The van der Waals surface area contributed by atoms with Gasteiger partial charge in [0, 0.05) is 37.8 Å². The topological polar surface area (TPSA) is 103 Å². The fourth-order valence-corrected chi connectivity index (χ4v) is 4.92. The standard InChI is InChI=1S/C26H19F2N5O3S/c1-32-11-10-31-26(32)22-13-18-25(37-22)21(8-9-30-18)36-20-7-6-15(12-17(20)28)33(24(35)14-23(29)34)19-5-3-2-4-16(19)27/h2-13H,14H2,1H3,(H2,29,34). The largest absolute Gasteiger partial charge is 0.453 e. The highest BCUT2D eigenvalue weighted by atomic mass is 32.1. The van der Waals surface area contributed by atoms with Crippen LogP contribution >= 0.6 is 11.3 Å². The second-order valence-electron chi connectivity index (χ2n) is 8.04. The van der Waals surface area contributed by atoms with Crippen molar-refractivity contribution in [1.82, 2.24) is 14.5 Å². The highest BCUT2D eigenvalue weighted by molar-refractivity contribution is 7.22. The van der Waals surface area contributed by atoms with Crippen LogP contribution in [0.2, 0.25) is 0 Å². The van der Waals surface area contributed by atoms with Crippen molar-refractivity contribution in [2.45, 2.75) is 6.42 Å². The lowest BCUT2D eigenvalue weighted by Gasteiger charge is -2.23. The average Bonchev–Trinajstić information content (AvgIpc) is 3.48. The van der Waals surface area contributed by atoms with E-state index in [1.807, 2.05) is 23.9 Å². The Morgan fingerprint density at radius 2 is 1.84 bits per heavy atom. The summed E-state index contributed by atoms with van der Waals surface area (Å²) in [5.41, 5.74) is 5.70. The van der Waals surface area contributed by atoms with Gasteiger partial charge in [-0.3, -0.25) is 19.5 Å². The van der Waals surface area contributed by atoms with Gasteiger partial charge in [-0.1, -0.05) is 12.1 Å². The van der Waals surface area contributed by atoms with Crippen LogP contribution in [0.4, 0.5) is 20.2 Å². The summed E-state index contributed by atoms with van der Waals surface area (Å²) in [5, 5.41) is 0. The number of nitrogens with zero attached hydrogens (tertiary/aromatic N) is 4. The summed E-state index contributed by atoms with van der Waals surface area (Å²) < 4.78 is 38.2. The number of carbonyl (C=O) groups excluding carboxylic acids is 2. The Labute approximate surface area is 213 Å². The summed E-state index contributed by atoms with van der Waals surface area (Å²) in [5.74, 6) is -2.18.